The van der Waals surface area contributed by atoms with E-state index in [0.717, 1.165) is 18.8 Å². The summed E-state index contributed by atoms with van der Waals surface area (Å²) in [7, 11) is 0. The molecule has 0 spiro atoms. The molecule has 0 unspecified atom stereocenters. The molecule has 2 aromatic rings. The lowest BCUT2D eigenvalue weighted by Crippen LogP contribution is -2.50. The van der Waals surface area contributed by atoms with Crippen molar-refractivity contribution in [2.75, 3.05) is 31.1 Å². The molecule has 1 saturated heterocycles. The molecule has 1 aliphatic rings. The van der Waals surface area contributed by atoms with Crippen molar-refractivity contribution in [1.82, 2.24) is 14.5 Å². The van der Waals surface area contributed by atoms with E-state index in [4.69, 9.17) is 0 Å². The molecule has 0 bridgehead atoms. The van der Waals surface area contributed by atoms with Crippen molar-refractivity contribution in [2.45, 2.75) is 33.2 Å². The second-order valence-electron chi connectivity index (χ2n) is 7.14. The van der Waals surface area contributed by atoms with Gasteiger partial charge in [-0.25, -0.2) is 4.98 Å². The average molecular weight is 354 g/mol. The Balaban J connectivity index is 1.60. The van der Waals surface area contributed by atoms with Crippen LogP contribution in [0.25, 0.3) is 0 Å². The van der Waals surface area contributed by atoms with Crippen LogP contribution in [-0.4, -0.2) is 46.5 Å². The van der Waals surface area contributed by atoms with Crippen molar-refractivity contribution in [3.63, 3.8) is 0 Å². The fraction of sp³-hybridized carbons (Fsp3) is 0.450. The fourth-order valence-corrected chi connectivity index (χ4v) is 3.16. The Hall–Kier alpha value is -2.63. The van der Waals surface area contributed by atoms with E-state index in [9.17, 15) is 9.59 Å². The van der Waals surface area contributed by atoms with Gasteiger partial charge in [0.2, 0.25) is 5.91 Å². The summed E-state index contributed by atoms with van der Waals surface area (Å²) in [6.45, 7) is 9.05. The third kappa shape index (κ3) is 4.12. The van der Waals surface area contributed by atoms with E-state index >= 15 is 0 Å². The highest BCUT2D eigenvalue weighted by Gasteiger charge is 2.22. The van der Waals surface area contributed by atoms with Crippen molar-refractivity contribution in [3.05, 3.63) is 58.3 Å². The van der Waals surface area contributed by atoms with Gasteiger partial charge in [0.1, 0.15) is 6.54 Å². The molecular formula is C20H26N4O2. The van der Waals surface area contributed by atoms with Crippen LogP contribution in [0.5, 0.6) is 0 Å². The smallest absolute Gasteiger partial charge is 0.254 e. The Morgan fingerprint density at radius 3 is 2.50 bits per heavy atom. The van der Waals surface area contributed by atoms with Crippen LogP contribution in [-0.2, 0) is 11.3 Å². The van der Waals surface area contributed by atoms with Gasteiger partial charge < -0.3 is 9.80 Å². The number of hydrogen-bond donors (Lipinski definition) is 0. The number of aromatic nitrogens is 2. The van der Waals surface area contributed by atoms with Gasteiger partial charge in [0.15, 0.2) is 0 Å². The van der Waals surface area contributed by atoms with Gasteiger partial charge in [-0.05, 0) is 30.5 Å². The molecule has 0 N–H and O–H groups in total. The molecule has 1 aromatic carbocycles. The quantitative estimate of drug-likeness (QED) is 0.843. The largest absolute Gasteiger partial charge is 0.368 e. The third-order valence-corrected chi connectivity index (χ3v) is 4.80. The van der Waals surface area contributed by atoms with Gasteiger partial charge in [-0.15, -0.1) is 0 Å². The van der Waals surface area contributed by atoms with Crippen molar-refractivity contribution in [2.24, 2.45) is 0 Å². The number of nitrogens with zero attached hydrogens (tertiary/aromatic N) is 4. The highest BCUT2D eigenvalue weighted by molar-refractivity contribution is 5.76. The van der Waals surface area contributed by atoms with Gasteiger partial charge in [-0.2, -0.15) is 0 Å². The number of rotatable bonds is 4. The monoisotopic (exact) mass is 354 g/mol. The van der Waals surface area contributed by atoms with E-state index in [0.29, 0.717) is 13.1 Å². The van der Waals surface area contributed by atoms with Crippen molar-refractivity contribution < 1.29 is 4.79 Å². The minimum atomic E-state index is -0.171. The average Bonchev–Trinajstić information content (AvgIpc) is 2.63. The molecule has 1 aromatic heterocycles. The fourth-order valence-electron chi connectivity index (χ4n) is 3.16. The zero-order valence-electron chi connectivity index (χ0n) is 15.7. The molecule has 1 aliphatic heterocycles. The van der Waals surface area contributed by atoms with Gasteiger partial charge in [0, 0.05) is 37.9 Å². The number of carbonyl (C=O) groups is 1. The molecule has 26 heavy (non-hydrogen) atoms. The van der Waals surface area contributed by atoms with Crippen molar-refractivity contribution in [3.8, 4) is 0 Å². The van der Waals surface area contributed by atoms with E-state index in [1.807, 2.05) is 18.7 Å². The normalized spacial score (nSPS) is 14.8. The van der Waals surface area contributed by atoms with E-state index in [1.54, 1.807) is 0 Å². The highest BCUT2D eigenvalue weighted by Crippen LogP contribution is 2.18. The molecule has 2 heterocycles. The summed E-state index contributed by atoms with van der Waals surface area (Å²) in [6.07, 6.45) is 1.48. The van der Waals surface area contributed by atoms with Crippen LogP contribution in [0.4, 0.5) is 5.69 Å². The van der Waals surface area contributed by atoms with Crippen LogP contribution < -0.4 is 10.5 Å². The lowest BCUT2D eigenvalue weighted by molar-refractivity contribution is -0.132. The molecule has 0 radical (unpaired) electrons. The van der Waals surface area contributed by atoms with E-state index < -0.39 is 0 Å². The molecule has 6 nitrogen and oxygen atoms in total. The summed E-state index contributed by atoms with van der Waals surface area (Å²) in [5.74, 6) is 0.165. The van der Waals surface area contributed by atoms with Gasteiger partial charge in [0.25, 0.3) is 5.56 Å². The number of anilines is 1. The topological polar surface area (TPSA) is 58.4 Å². The van der Waals surface area contributed by atoms with Crippen molar-refractivity contribution in [1.29, 1.82) is 0 Å². The number of amides is 1. The van der Waals surface area contributed by atoms with Gasteiger partial charge in [-0.3, -0.25) is 14.2 Å². The standard InChI is InChI=1S/C20H26N4O2/c1-15(2)18-12-19(25)24(14-21-18)13-20(26)23-9-7-22(8-10-23)17-6-4-5-16(3)11-17/h4-6,11-12,14-15H,7-10,13H2,1-3H3. The first-order valence-corrected chi connectivity index (χ1v) is 9.10. The second kappa shape index (κ2) is 7.72. The van der Waals surface area contributed by atoms with E-state index in [-0.39, 0.29) is 23.9 Å². The van der Waals surface area contributed by atoms with E-state index in [2.05, 4.69) is 41.1 Å². The number of aryl methyl sites for hydroxylation is 1. The lowest BCUT2D eigenvalue weighted by Gasteiger charge is -2.36. The Morgan fingerprint density at radius 2 is 1.88 bits per heavy atom. The van der Waals surface area contributed by atoms with E-state index in [1.165, 1.54) is 28.2 Å². The summed E-state index contributed by atoms with van der Waals surface area (Å²) in [4.78, 5) is 33.1. The van der Waals surface area contributed by atoms with Crippen molar-refractivity contribution >= 4 is 11.6 Å². The summed E-state index contributed by atoms with van der Waals surface area (Å²) in [5.41, 5.74) is 3.01. The first-order chi connectivity index (χ1) is 12.4. The number of benzene rings is 1. The minimum Gasteiger partial charge on any atom is -0.368 e. The van der Waals surface area contributed by atoms with Crippen LogP contribution in [0.2, 0.25) is 0 Å². The molecule has 3 rings (SSSR count). The SMILES string of the molecule is Cc1cccc(N2CCN(C(=O)Cn3cnc(C(C)C)cc3=O)CC2)c1. The number of piperazine rings is 1. The Labute approximate surface area is 154 Å². The number of carbonyl (C=O) groups excluding carboxylic acids is 1. The lowest BCUT2D eigenvalue weighted by atomic mass is 10.1. The molecule has 0 atom stereocenters. The van der Waals surface area contributed by atoms with Crippen LogP contribution in [0, 0.1) is 6.92 Å². The van der Waals surface area contributed by atoms with Crippen LogP contribution in [0.1, 0.15) is 31.0 Å². The van der Waals surface area contributed by atoms with Gasteiger partial charge >= 0.3 is 0 Å². The summed E-state index contributed by atoms with van der Waals surface area (Å²) in [6, 6.07) is 9.93. The molecular weight excluding hydrogens is 328 g/mol. The number of hydrogen-bond acceptors (Lipinski definition) is 4. The Morgan fingerprint density at radius 1 is 1.15 bits per heavy atom. The zero-order chi connectivity index (χ0) is 18.7. The Bertz CT molecular complexity index is 836. The maximum absolute atomic E-state index is 12.6. The molecule has 1 amide bonds. The predicted molar refractivity (Wildman–Crippen MR) is 103 cm³/mol. The first kappa shape index (κ1) is 18.2. The van der Waals surface area contributed by atoms with Crippen LogP contribution >= 0.6 is 0 Å². The predicted octanol–water partition coefficient (Wildman–Crippen LogP) is 2.02. The molecule has 1 fully saturated rings. The summed E-state index contributed by atoms with van der Waals surface area (Å²) < 4.78 is 1.39. The van der Waals surface area contributed by atoms with Crippen LogP contribution in [0.15, 0.2) is 41.5 Å². The Kier molecular flexibility index (Phi) is 5.40. The van der Waals surface area contributed by atoms with Gasteiger partial charge in [-0.1, -0.05) is 26.0 Å². The highest BCUT2D eigenvalue weighted by atomic mass is 16.2. The maximum atomic E-state index is 12.6. The molecule has 6 heteroatoms. The third-order valence-electron chi connectivity index (χ3n) is 4.80. The first-order valence-electron chi connectivity index (χ1n) is 9.10. The molecule has 138 valence electrons. The van der Waals surface area contributed by atoms with Gasteiger partial charge in [0.05, 0.1) is 12.0 Å². The molecule has 0 saturated carbocycles. The van der Waals surface area contributed by atoms with Crippen LogP contribution in [0.3, 0.4) is 0 Å². The molecule has 0 aliphatic carbocycles. The zero-order valence-corrected chi connectivity index (χ0v) is 15.7. The summed E-state index contributed by atoms with van der Waals surface area (Å²) in [5, 5.41) is 0. The maximum Gasteiger partial charge on any atom is 0.254 e. The summed E-state index contributed by atoms with van der Waals surface area (Å²) >= 11 is 0. The minimum absolute atomic E-state index is 0.0323. The second-order valence-corrected chi connectivity index (χ2v) is 7.14.